The van der Waals surface area contributed by atoms with E-state index in [9.17, 15) is 4.79 Å². The highest BCUT2D eigenvalue weighted by molar-refractivity contribution is 5.89. The van der Waals surface area contributed by atoms with Crippen molar-refractivity contribution in [3.05, 3.63) is 29.3 Å². The maximum atomic E-state index is 12.1. The summed E-state index contributed by atoms with van der Waals surface area (Å²) >= 11 is 0. The topological polar surface area (TPSA) is 32.3 Å². The predicted octanol–water partition coefficient (Wildman–Crippen LogP) is 3.57. The van der Waals surface area contributed by atoms with Crippen LogP contribution in [0.5, 0.6) is 0 Å². The molecule has 1 fully saturated rings. The minimum atomic E-state index is 0.0325. The van der Waals surface area contributed by atoms with Crippen molar-refractivity contribution in [1.82, 2.24) is 4.90 Å². The average molecular weight is 246 g/mol. The summed E-state index contributed by atoms with van der Waals surface area (Å²) < 4.78 is 0. The van der Waals surface area contributed by atoms with E-state index in [1.807, 2.05) is 23.1 Å². The van der Waals surface area contributed by atoms with Gasteiger partial charge in [-0.3, -0.25) is 0 Å². The molecule has 1 aromatic carbocycles. The molecule has 2 amide bonds. The van der Waals surface area contributed by atoms with Crippen LogP contribution in [0.2, 0.25) is 0 Å². The molecule has 2 rings (SSSR count). The van der Waals surface area contributed by atoms with E-state index in [-0.39, 0.29) is 6.03 Å². The fourth-order valence-corrected chi connectivity index (χ4v) is 2.23. The Kier molecular flexibility index (Phi) is 3.90. The van der Waals surface area contributed by atoms with Gasteiger partial charge in [0.15, 0.2) is 0 Å². The maximum absolute atomic E-state index is 12.1. The monoisotopic (exact) mass is 246 g/mol. The molecular weight excluding hydrogens is 224 g/mol. The van der Waals surface area contributed by atoms with Crippen LogP contribution in [0.1, 0.15) is 30.9 Å². The van der Waals surface area contributed by atoms with Crippen LogP contribution in [0.25, 0.3) is 0 Å². The van der Waals surface area contributed by atoms with Gasteiger partial charge in [0.05, 0.1) is 0 Å². The van der Waals surface area contributed by atoms with E-state index < -0.39 is 0 Å². The lowest BCUT2D eigenvalue weighted by Gasteiger charge is -2.30. The third-order valence-electron chi connectivity index (χ3n) is 3.83. The highest BCUT2D eigenvalue weighted by atomic mass is 16.2. The van der Waals surface area contributed by atoms with E-state index in [1.165, 1.54) is 11.1 Å². The van der Waals surface area contributed by atoms with Crippen molar-refractivity contribution in [2.45, 2.75) is 33.6 Å². The molecule has 1 aliphatic heterocycles. The highest BCUT2D eigenvalue weighted by Crippen LogP contribution is 2.18. The van der Waals surface area contributed by atoms with Gasteiger partial charge in [0.25, 0.3) is 0 Å². The van der Waals surface area contributed by atoms with Gasteiger partial charge in [0.2, 0.25) is 0 Å². The van der Waals surface area contributed by atoms with Gasteiger partial charge in [-0.1, -0.05) is 13.0 Å². The van der Waals surface area contributed by atoms with Crippen LogP contribution < -0.4 is 5.32 Å². The largest absolute Gasteiger partial charge is 0.325 e. The van der Waals surface area contributed by atoms with Crippen LogP contribution in [0, 0.1) is 19.8 Å². The van der Waals surface area contributed by atoms with Crippen molar-refractivity contribution >= 4 is 11.7 Å². The summed E-state index contributed by atoms with van der Waals surface area (Å²) in [6.07, 6.45) is 2.22. The average Bonchev–Trinajstić information content (AvgIpc) is 2.34. The molecule has 0 aliphatic carbocycles. The van der Waals surface area contributed by atoms with Gasteiger partial charge in [0, 0.05) is 18.8 Å². The smallest absolute Gasteiger partial charge is 0.321 e. The second-order valence-corrected chi connectivity index (χ2v) is 5.40. The normalized spacial score (nSPS) is 16.7. The molecule has 0 bridgehead atoms. The van der Waals surface area contributed by atoms with Gasteiger partial charge in [0.1, 0.15) is 0 Å². The molecule has 18 heavy (non-hydrogen) atoms. The number of urea groups is 1. The molecule has 0 aromatic heterocycles. The second kappa shape index (κ2) is 5.42. The summed E-state index contributed by atoms with van der Waals surface area (Å²) in [5.41, 5.74) is 3.35. The van der Waals surface area contributed by atoms with Crippen molar-refractivity contribution in [3.8, 4) is 0 Å². The van der Waals surface area contributed by atoms with Crippen LogP contribution in [0.15, 0.2) is 18.2 Å². The van der Waals surface area contributed by atoms with Gasteiger partial charge < -0.3 is 10.2 Å². The molecule has 1 aliphatic rings. The van der Waals surface area contributed by atoms with Crippen LogP contribution in [-0.2, 0) is 0 Å². The lowest BCUT2D eigenvalue weighted by Crippen LogP contribution is -2.40. The summed E-state index contributed by atoms with van der Waals surface area (Å²) in [7, 11) is 0. The van der Waals surface area contributed by atoms with Gasteiger partial charge in [-0.15, -0.1) is 0 Å². The number of nitrogens with zero attached hydrogens (tertiary/aromatic N) is 1. The van der Waals surface area contributed by atoms with E-state index in [1.54, 1.807) is 0 Å². The number of hydrogen-bond donors (Lipinski definition) is 1. The molecule has 0 radical (unpaired) electrons. The molecular formula is C15H22N2O. The molecule has 98 valence electrons. The number of carbonyl (C=O) groups is 1. The predicted molar refractivity (Wildman–Crippen MR) is 74.9 cm³/mol. The number of hydrogen-bond acceptors (Lipinski definition) is 1. The van der Waals surface area contributed by atoms with Gasteiger partial charge in [-0.25, -0.2) is 4.79 Å². The third kappa shape index (κ3) is 3.03. The number of nitrogens with one attached hydrogen (secondary N) is 1. The van der Waals surface area contributed by atoms with Gasteiger partial charge in [-0.05, 0) is 55.9 Å². The Balaban J connectivity index is 1.96. The Bertz CT molecular complexity index is 434. The lowest BCUT2D eigenvalue weighted by molar-refractivity contribution is 0.186. The molecule has 3 nitrogen and oxygen atoms in total. The van der Waals surface area contributed by atoms with E-state index in [4.69, 9.17) is 0 Å². The molecule has 1 saturated heterocycles. The van der Waals surface area contributed by atoms with Gasteiger partial charge in [-0.2, -0.15) is 0 Å². The number of anilines is 1. The number of likely N-dealkylation sites (tertiary alicyclic amines) is 1. The first kappa shape index (κ1) is 12.9. The third-order valence-corrected chi connectivity index (χ3v) is 3.83. The summed E-state index contributed by atoms with van der Waals surface area (Å²) in [5.74, 6) is 0.746. The molecule has 0 atom stereocenters. The summed E-state index contributed by atoms with van der Waals surface area (Å²) in [6, 6.07) is 6.07. The van der Waals surface area contributed by atoms with Crippen molar-refractivity contribution in [2.24, 2.45) is 5.92 Å². The zero-order chi connectivity index (χ0) is 13.1. The molecule has 0 spiro atoms. The number of benzene rings is 1. The van der Waals surface area contributed by atoms with Crippen LogP contribution in [0.3, 0.4) is 0 Å². The number of piperidine rings is 1. The summed E-state index contributed by atoms with van der Waals surface area (Å²) in [4.78, 5) is 14.0. The first-order valence-electron chi connectivity index (χ1n) is 6.69. The van der Waals surface area contributed by atoms with E-state index in [0.717, 1.165) is 37.5 Å². The lowest BCUT2D eigenvalue weighted by atomic mass is 10.00. The van der Waals surface area contributed by atoms with E-state index >= 15 is 0 Å². The summed E-state index contributed by atoms with van der Waals surface area (Å²) in [5, 5.41) is 2.98. The van der Waals surface area contributed by atoms with Crippen LogP contribution in [0.4, 0.5) is 10.5 Å². The molecule has 0 saturated carbocycles. The van der Waals surface area contributed by atoms with Crippen LogP contribution in [-0.4, -0.2) is 24.0 Å². The zero-order valence-corrected chi connectivity index (χ0v) is 11.5. The molecule has 0 unspecified atom stereocenters. The van der Waals surface area contributed by atoms with Crippen molar-refractivity contribution in [2.75, 3.05) is 18.4 Å². The number of aryl methyl sites for hydroxylation is 2. The Hall–Kier alpha value is -1.51. The highest BCUT2D eigenvalue weighted by Gasteiger charge is 2.20. The molecule has 3 heteroatoms. The zero-order valence-electron chi connectivity index (χ0n) is 11.5. The molecule has 1 N–H and O–H groups in total. The summed E-state index contributed by atoms with van der Waals surface area (Å²) in [6.45, 7) is 8.13. The van der Waals surface area contributed by atoms with Gasteiger partial charge >= 0.3 is 6.03 Å². The van der Waals surface area contributed by atoms with E-state index in [2.05, 4.69) is 26.1 Å². The maximum Gasteiger partial charge on any atom is 0.321 e. The minimum Gasteiger partial charge on any atom is -0.325 e. The quantitative estimate of drug-likeness (QED) is 0.807. The van der Waals surface area contributed by atoms with Crippen LogP contribution >= 0.6 is 0 Å². The van der Waals surface area contributed by atoms with Crippen molar-refractivity contribution < 1.29 is 4.79 Å². The fraction of sp³-hybridized carbons (Fsp3) is 0.533. The molecule has 1 heterocycles. The fourth-order valence-electron chi connectivity index (χ4n) is 2.23. The first-order chi connectivity index (χ1) is 8.56. The Morgan fingerprint density at radius 3 is 2.50 bits per heavy atom. The minimum absolute atomic E-state index is 0.0325. The first-order valence-corrected chi connectivity index (χ1v) is 6.69. The Labute approximate surface area is 109 Å². The molecule has 1 aromatic rings. The second-order valence-electron chi connectivity index (χ2n) is 5.40. The Morgan fingerprint density at radius 1 is 1.22 bits per heavy atom. The van der Waals surface area contributed by atoms with Crippen molar-refractivity contribution in [3.63, 3.8) is 0 Å². The van der Waals surface area contributed by atoms with Crippen molar-refractivity contribution in [1.29, 1.82) is 0 Å². The number of carbonyl (C=O) groups excluding carboxylic acids is 1. The number of rotatable bonds is 1. The Morgan fingerprint density at radius 2 is 1.89 bits per heavy atom. The number of amides is 2. The standard InChI is InChI=1S/C15H22N2O/c1-11-6-8-17(9-7-11)15(18)16-14-5-4-12(2)13(3)10-14/h4-5,10-11H,6-9H2,1-3H3,(H,16,18). The van der Waals surface area contributed by atoms with E-state index in [0.29, 0.717) is 0 Å². The SMILES string of the molecule is Cc1ccc(NC(=O)N2CCC(C)CC2)cc1C.